The minimum atomic E-state index is -0.292. The third kappa shape index (κ3) is 4.27. The Labute approximate surface area is 213 Å². The highest BCUT2D eigenvalue weighted by molar-refractivity contribution is 6.16. The van der Waals surface area contributed by atoms with Gasteiger partial charge in [0.15, 0.2) is 11.5 Å². The number of aliphatic imine (C=N–C) groups is 1. The van der Waals surface area contributed by atoms with E-state index in [2.05, 4.69) is 70.2 Å². The monoisotopic (exact) mass is 482 g/mol. The molecule has 0 aromatic heterocycles. The zero-order chi connectivity index (χ0) is 25.8. The summed E-state index contributed by atoms with van der Waals surface area (Å²) in [5.74, 6) is 1.66. The third-order valence-corrected chi connectivity index (χ3v) is 7.10. The molecule has 5 heteroatoms. The lowest BCUT2D eigenvalue weighted by atomic mass is 9.80. The fourth-order valence-corrected chi connectivity index (χ4v) is 5.34. The van der Waals surface area contributed by atoms with Crippen molar-refractivity contribution in [1.29, 1.82) is 0 Å². The highest BCUT2D eigenvalue weighted by Crippen LogP contribution is 2.48. The van der Waals surface area contributed by atoms with Crippen LogP contribution < -0.4 is 14.4 Å². The van der Waals surface area contributed by atoms with Crippen LogP contribution in [0.5, 0.6) is 11.5 Å². The Kier molecular flexibility index (Phi) is 5.70. The van der Waals surface area contributed by atoms with Crippen molar-refractivity contribution in [3.05, 3.63) is 76.9 Å². The Hall–Kier alpha value is -3.60. The van der Waals surface area contributed by atoms with E-state index in [0.717, 1.165) is 52.4 Å². The van der Waals surface area contributed by atoms with Crippen molar-refractivity contribution in [2.45, 2.75) is 58.6 Å². The molecule has 3 aromatic rings. The first-order valence-corrected chi connectivity index (χ1v) is 12.5. The van der Waals surface area contributed by atoms with E-state index < -0.39 is 0 Å². The van der Waals surface area contributed by atoms with Crippen molar-refractivity contribution in [1.82, 2.24) is 0 Å². The lowest BCUT2D eigenvalue weighted by Gasteiger charge is -2.31. The SMILES string of the molecule is COc1cc2c(c3c1OC(C)(C)C3)C(c1cccc(-c3ccc(N(C)C(C)=O)cc3)c1)=NC(C)(C)C2. The summed E-state index contributed by atoms with van der Waals surface area (Å²) in [6, 6.07) is 18.8. The van der Waals surface area contributed by atoms with Gasteiger partial charge in [-0.15, -0.1) is 0 Å². The zero-order valence-corrected chi connectivity index (χ0v) is 22.2. The van der Waals surface area contributed by atoms with Crippen LogP contribution in [-0.4, -0.2) is 36.9 Å². The standard InChI is InChI=1S/C31H34N2O3/c1-19(34)33(6)24-13-11-20(12-14-24)21-9-8-10-22(15-21)28-27-23(17-30(2,3)32-28)16-26(35-7)29-25(27)18-31(4,5)36-29/h8-16H,17-18H2,1-7H3. The van der Waals surface area contributed by atoms with Crippen LogP contribution in [0.2, 0.25) is 0 Å². The molecule has 2 aliphatic heterocycles. The van der Waals surface area contributed by atoms with Crippen LogP contribution in [0.1, 0.15) is 56.9 Å². The molecular weight excluding hydrogens is 448 g/mol. The first-order chi connectivity index (χ1) is 17.0. The molecule has 0 atom stereocenters. The average Bonchev–Trinajstić information content (AvgIpc) is 3.16. The number of fused-ring (bicyclic) bond motifs is 3. The van der Waals surface area contributed by atoms with Gasteiger partial charge in [-0.05, 0) is 75.1 Å². The second-order valence-electron chi connectivity index (χ2n) is 11.1. The molecule has 5 nitrogen and oxygen atoms in total. The summed E-state index contributed by atoms with van der Waals surface area (Å²) in [6.45, 7) is 10.2. The van der Waals surface area contributed by atoms with Gasteiger partial charge in [0.05, 0.1) is 18.4 Å². The van der Waals surface area contributed by atoms with Crippen LogP contribution in [-0.2, 0) is 17.6 Å². The molecule has 0 spiro atoms. The number of benzene rings is 3. The molecule has 2 heterocycles. The Balaban J connectivity index is 1.61. The van der Waals surface area contributed by atoms with Gasteiger partial charge in [-0.25, -0.2) is 0 Å². The van der Waals surface area contributed by atoms with Crippen molar-refractivity contribution >= 4 is 17.3 Å². The number of amides is 1. The largest absolute Gasteiger partial charge is 0.493 e. The molecule has 0 radical (unpaired) electrons. The Morgan fingerprint density at radius 1 is 0.972 bits per heavy atom. The maximum absolute atomic E-state index is 11.7. The number of ether oxygens (including phenoxy) is 2. The quantitative estimate of drug-likeness (QED) is 0.443. The maximum Gasteiger partial charge on any atom is 0.223 e. The lowest BCUT2D eigenvalue weighted by Crippen LogP contribution is -2.30. The molecule has 0 bridgehead atoms. The van der Waals surface area contributed by atoms with E-state index in [9.17, 15) is 4.79 Å². The summed E-state index contributed by atoms with van der Waals surface area (Å²) in [5, 5.41) is 0. The van der Waals surface area contributed by atoms with Gasteiger partial charge in [0, 0.05) is 42.8 Å². The van der Waals surface area contributed by atoms with E-state index in [1.807, 2.05) is 12.1 Å². The summed E-state index contributed by atoms with van der Waals surface area (Å²) in [6.07, 6.45) is 1.66. The molecule has 0 N–H and O–H groups in total. The molecular formula is C31H34N2O3. The number of nitrogens with zero attached hydrogens (tertiary/aromatic N) is 2. The van der Waals surface area contributed by atoms with Crippen LogP contribution in [0.15, 0.2) is 59.6 Å². The minimum Gasteiger partial charge on any atom is -0.493 e. The molecule has 1 amide bonds. The van der Waals surface area contributed by atoms with Gasteiger partial charge in [-0.1, -0.05) is 30.3 Å². The summed E-state index contributed by atoms with van der Waals surface area (Å²) >= 11 is 0. The Morgan fingerprint density at radius 3 is 2.33 bits per heavy atom. The molecule has 0 fully saturated rings. The van der Waals surface area contributed by atoms with Gasteiger partial charge < -0.3 is 14.4 Å². The summed E-state index contributed by atoms with van der Waals surface area (Å²) in [7, 11) is 3.50. The molecule has 0 unspecified atom stereocenters. The number of carbonyl (C=O) groups excluding carboxylic acids is 1. The molecule has 0 saturated carbocycles. The molecule has 0 aliphatic carbocycles. The minimum absolute atomic E-state index is 0.0117. The van der Waals surface area contributed by atoms with E-state index >= 15 is 0 Å². The van der Waals surface area contributed by atoms with Gasteiger partial charge in [0.2, 0.25) is 5.91 Å². The van der Waals surface area contributed by atoms with Crippen LogP contribution >= 0.6 is 0 Å². The van der Waals surface area contributed by atoms with Crippen molar-refractivity contribution in [3.63, 3.8) is 0 Å². The predicted molar refractivity (Wildman–Crippen MR) is 146 cm³/mol. The summed E-state index contributed by atoms with van der Waals surface area (Å²) in [4.78, 5) is 18.7. The first-order valence-electron chi connectivity index (χ1n) is 12.5. The van der Waals surface area contributed by atoms with Gasteiger partial charge in [0.1, 0.15) is 5.60 Å². The van der Waals surface area contributed by atoms with E-state index in [1.165, 1.54) is 16.7 Å². The van der Waals surface area contributed by atoms with Crippen LogP contribution in [0.3, 0.4) is 0 Å². The van der Waals surface area contributed by atoms with Crippen molar-refractivity contribution < 1.29 is 14.3 Å². The fraction of sp³-hybridized carbons (Fsp3) is 0.355. The molecule has 2 aliphatic rings. The van der Waals surface area contributed by atoms with Gasteiger partial charge in [-0.2, -0.15) is 0 Å². The second-order valence-corrected chi connectivity index (χ2v) is 11.1. The Morgan fingerprint density at radius 2 is 1.67 bits per heavy atom. The van der Waals surface area contributed by atoms with Gasteiger partial charge in [0.25, 0.3) is 0 Å². The maximum atomic E-state index is 11.7. The topological polar surface area (TPSA) is 51.1 Å². The lowest BCUT2D eigenvalue weighted by molar-refractivity contribution is -0.116. The number of anilines is 1. The summed E-state index contributed by atoms with van der Waals surface area (Å²) < 4.78 is 12.1. The normalized spacial score (nSPS) is 16.9. The molecule has 0 saturated heterocycles. The van der Waals surface area contributed by atoms with Crippen LogP contribution in [0.25, 0.3) is 11.1 Å². The second kappa shape index (κ2) is 8.51. The highest BCUT2D eigenvalue weighted by atomic mass is 16.5. The van der Waals surface area contributed by atoms with E-state index in [4.69, 9.17) is 14.5 Å². The molecule has 5 rings (SSSR count). The molecule has 36 heavy (non-hydrogen) atoms. The number of methoxy groups -OCH3 is 1. The van der Waals surface area contributed by atoms with Crippen LogP contribution in [0.4, 0.5) is 5.69 Å². The van der Waals surface area contributed by atoms with Gasteiger partial charge in [-0.3, -0.25) is 9.79 Å². The van der Waals surface area contributed by atoms with E-state index in [1.54, 1.807) is 26.0 Å². The number of hydrogen-bond donors (Lipinski definition) is 0. The zero-order valence-electron chi connectivity index (χ0n) is 22.2. The number of rotatable bonds is 4. The van der Waals surface area contributed by atoms with Crippen molar-refractivity contribution in [2.24, 2.45) is 4.99 Å². The smallest absolute Gasteiger partial charge is 0.223 e. The van der Waals surface area contributed by atoms with Crippen molar-refractivity contribution in [2.75, 3.05) is 19.1 Å². The van der Waals surface area contributed by atoms with Crippen molar-refractivity contribution in [3.8, 4) is 22.6 Å². The predicted octanol–water partition coefficient (Wildman–Crippen LogP) is 6.23. The fourth-order valence-electron chi connectivity index (χ4n) is 5.34. The first kappa shape index (κ1) is 24.1. The van der Waals surface area contributed by atoms with E-state index in [0.29, 0.717) is 0 Å². The third-order valence-electron chi connectivity index (χ3n) is 7.10. The highest BCUT2D eigenvalue weighted by Gasteiger charge is 2.39. The number of carbonyl (C=O) groups is 1. The average molecular weight is 483 g/mol. The van der Waals surface area contributed by atoms with Crippen LogP contribution in [0, 0.1) is 0 Å². The van der Waals surface area contributed by atoms with E-state index in [-0.39, 0.29) is 17.0 Å². The summed E-state index contributed by atoms with van der Waals surface area (Å²) in [5.41, 5.74) is 8.28. The Bertz CT molecular complexity index is 1380. The molecule has 186 valence electrons. The molecule has 3 aromatic carbocycles. The number of hydrogen-bond acceptors (Lipinski definition) is 4. The van der Waals surface area contributed by atoms with Gasteiger partial charge >= 0.3 is 0 Å².